The highest BCUT2D eigenvalue weighted by molar-refractivity contribution is 7.16. The minimum absolute atomic E-state index is 0.426. The first-order valence-corrected chi connectivity index (χ1v) is 9.99. The molecule has 2 unspecified atom stereocenters. The van der Waals surface area contributed by atoms with E-state index in [4.69, 9.17) is 11.6 Å². The Balaban J connectivity index is 1.43. The molecule has 2 fully saturated rings. The molecule has 0 aromatic carbocycles. The van der Waals surface area contributed by atoms with Crippen molar-refractivity contribution in [2.75, 3.05) is 26.7 Å². The van der Waals surface area contributed by atoms with E-state index < -0.39 is 6.10 Å². The van der Waals surface area contributed by atoms with Crippen LogP contribution in [0, 0.1) is 0 Å². The van der Waals surface area contributed by atoms with Gasteiger partial charge in [0.15, 0.2) is 5.96 Å². The predicted molar refractivity (Wildman–Crippen MR) is 101 cm³/mol. The van der Waals surface area contributed by atoms with Gasteiger partial charge in [-0.05, 0) is 31.4 Å². The Kier molecular flexibility index (Phi) is 6.38. The number of rotatable bonds is 5. The first-order valence-electron chi connectivity index (χ1n) is 8.80. The van der Waals surface area contributed by atoms with Crippen LogP contribution in [-0.2, 0) is 0 Å². The van der Waals surface area contributed by atoms with Gasteiger partial charge in [0.25, 0.3) is 0 Å². The van der Waals surface area contributed by atoms with Gasteiger partial charge in [0, 0.05) is 43.6 Å². The average molecular weight is 371 g/mol. The fraction of sp³-hybridized carbons (Fsp3) is 0.706. The number of thiophene rings is 1. The van der Waals surface area contributed by atoms with E-state index in [-0.39, 0.29) is 0 Å². The minimum atomic E-state index is -0.570. The maximum atomic E-state index is 10.2. The number of halogens is 1. The van der Waals surface area contributed by atoms with Crippen molar-refractivity contribution in [2.24, 2.45) is 4.99 Å². The third-order valence-electron chi connectivity index (χ3n) is 5.01. The topological polar surface area (TPSA) is 59.9 Å². The molecule has 0 radical (unpaired) electrons. The molecule has 0 amide bonds. The summed E-state index contributed by atoms with van der Waals surface area (Å²) in [6, 6.07) is 4.90. The molecule has 2 heterocycles. The highest BCUT2D eigenvalue weighted by Crippen LogP contribution is 2.27. The third-order valence-corrected chi connectivity index (χ3v) is 6.34. The van der Waals surface area contributed by atoms with Crippen LogP contribution in [0.3, 0.4) is 0 Å². The van der Waals surface area contributed by atoms with Gasteiger partial charge in [-0.25, -0.2) is 0 Å². The van der Waals surface area contributed by atoms with Crippen LogP contribution in [0.2, 0.25) is 4.34 Å². The van der Waals surface area contributed by atoms with Crippen molar-refractivity contribution in [1.29, 1.82) is 0 Å². The zero-order valence-electron chi connectivity index (χ0n) is 14.2. The van der Waals surface area contributed by atoms with Crippen LogP contribution >= 0.6 is 22.9 Å². The second kappa shape index (κ2) is 8.52. The molecule has 5 nitrogen and oxygen atoms in total. The number of aliphatic hydroxyl groups is 1. The second-order valence-electron chi connectivity index (χ2n) is 6.67. The molecule has 1 aliphatic carbocycles. The van der Waals surface area contributed by atoms with E-state index in [2.05, 4.69) is 20.5 Å². The lowest BCUT2D eigenvalue weighted by Crippen LogP contribution is -2.46. The molecule has 0 bridgehead atoms. The predicted octanol–water partition coefficient (Wildman–Crippen LogP) is 2.62. The summed E-state index contributed by atoms with van der Waals surface area (Å²) in [7, 11) is 1.77. The summed E-state index contributed by atoms with van der Waals surface area (Å²) < 4.78 is 0.699. The number of nitrogens with one attached hydrogen (secondary N) is 2. The van der Waals surface area contributed by atoms with Crippen molar-refractivity contribution < 1.29 is 5.11 Å². The van der Waals surface area contributed by atoms with Crippen molar-refractivity contribution in [3.8, 4) is 0 Å². The van der Waals surface area contributed by atoms with Gasteiger partial charge in [-0.3, -0.25) is 9.89 Å². The number of hydrogen-bond acceptors (Lipinski definition) is 4. The van der Waals surface area contributed by atoms with E-state index in [0.29, 0.717) is 16.9 Å². The molecule has 1 aromatic heterocycles. The third kappa shape index (κ3) is 4.63. The Bertz CT molecular complexity index is 559. The summed E-state index contributed by atoms with van der Waals surface area (Å²) in [6.07, 6.45) is 6.06. The van der Waals surface area contributed by atoms with Crippen molar-refractivity contribution >= 4 is 28.9 Å². The largest absolute Gasteiger partial charge is 0.386 e. The summed E-state index contributed by atoms with van der Waals surface area (Å²) in [6.45, 7) is 2.69. The second-order valence-corrected chi connectivity index (χ2v) is 8.42. The lowest BCUT2D eigenvalue weighted by Gasteiger charge is -2.24. The molecule has 134 valence electrons. The van der Waals surface area contributed by atoms with Crippen LogP contribution in [0.5, 0.6) is 0 Å². The molecule has 3 rings (SSSR count). The van der Waals surface area contributed by atoms with E-state index in [9.17, 15) is 5.11 Å². The van der Waals surface area contributed by atoms with E-state index in [1.807, 2.05) is 12.1 Å². The zero-order chi connectivity index (χ0) is 16.9. The summed E-state index contributed by atoms with van der Waals surface area (Å²) in [5.74, 6) is 0.759. The van der Waals surface area contributed by atoms with Crippen LogP contribution < -0.4 is 10.6 Å². The molecular formula is C17H27ClN4OS. The van der Waals surface area contributed by atoms with Crippen molar-refractivity contribution in [3.05, 3.63) is 21.3 Å². The summed E-state index contributed by atoms with van der Waals surface area (Å²) in [5.41, 5.74) is 0. The van der Waals surface area contributed by atoms with E-state index in [1.54, 1.807) is 7.05 Å². The maximum absolute atomic E-state index is 10.2. The molecule has 2 aliphatic rings. The van der Waals surface area contributed by atoms with Gasteiger partial charge in [0.05, 0.1) is 4.34 Å². The number of likely N-dealkylation sites (tertiary alicyclic amines) is 1. The smallest absolute Gasteiger partial charge is 0.191 e. The highest BCUT2D eigenvalue weighted by Gasteiger charge is 2.30. The molecule has 1 saturated heterocycles. The van der Waals surface area contributed by atoms with Gasteiger partial charge in [0.2, 0.25) is 0 Å². The standard InChI is InChI=1S/C17H27ClN4OS/c1-19-17(20-10-14(23)15-6-7-16(18)24-15)21-12-8-9-22(11-12)13-4-2-3-5-13/h6-7,12-14,23H,2-5,8-11H2,1H3,(H2,19,20,21). The van der Waals surface area contributed by atoms with Crippen LogP contribution in [0.4, 0.5) is 0 Å². The van der Waals surface area contributed by atoms with Crippen LogP contribution in [-0.4, -0.2) is 54.7 Å². The first-order chi connectivity index (χ1) is 11.7. The number of aliphatic hydroxyl groups excluding tert-OH is 1. The first kappa shape index (κ1) is 18.0. The van der Waals surface area contributed by atoms with Gasteiger partial charge >= 0.3 is 0 Å². The molecule has 1 saturated carbocycles. The monoisotopic (exact) mass is 370 g/mol. The maximum Gasteiger partial charge on any atom is 0.191 e. The Morgan fingerprint density at radius 2 is 2.21 bits per heavy atom. The van der Waals surface area contributed by atoms with Gasteiger partial charge in [0.1, 0.15) is 6.10 Å². The molecule has 7 heteroatoms. The Hall–Kier alpha value is -0.820. The van der Waals surface area contributed by atoms with Crippen molar-refractivity contribution in [3.63, 3.8) is 0 Å². The van der Waals surface area contributed by atoms with Crippen LogP contribution in [0.1, 0.15) is 43.1 Å². The molecule has 1 aromatic rings. The summed E-state index contributed by atoms with van der Waals surface area (Å²) >= 11 is 7.33. The van der Waals surface area contributed by atoms with Gasteiger partial charge in [-0.2, -0.15) is 0 Å². The van der Waals surface area contributed by atoms with Crippen LogP contribution in [0.25, 0.3) is 0 Å². The molecular weight excluding hydrogens is 344 g/mol. The SMILES string of the molecule is CN=C(NCC(O)c1ccc(Cl)s1)NC1CCN(C2CCCC2)C1. The Morgan fingerprint density at radius 3 is 2.88 bits per heavy atom. The summed E-state index contributed by atoms with van der Waals surface area (Å²) in [4.78, 5) is 7.78. The molecule has 2 atom stereocenters. The molecule has 0 spiro atoms. The fourth-order valence-electron chi connectivity index (χ4n) is 3.70. The number of hydrogen-bond donors (Lipinski definition) is 3. The highest BCUT2D eigenvalue weighted by atomic mass is 35.5. The number of nitrogens with zero attached hydrogens (tertiary/aromatic N) is 2. The van der Waals surface area contributed by atoms with Gasteiger partial charge in [-0.15, -0.1) is 11.3 Å². The number of guanidine groups is 1. The van der Waals surface area contributed by atoms with E-state index >= 15 is 0 Å². The van der Waals surface area contributed by atoms with E-state index in [1.165, 1.54) is 43.6 Å². The lowest BCUT2D eigenvalue weighted by molar-refractivity contribution is 0.184. The quantitative estimate of drug-likeness (QED) is 0.551. The lowest BCUT2D eigenvalue weighted by atomic mass is 10.2. The number of aliphatic imine (C=N–C) groups is 1. The average Bonchev–Trinajstić information content (AvgIpc) is 3.31. The molecule has 24 heavy (non-hydrogen) atoms. The normalized spacial score (nSPS) is 24.5. The minimum Gasteiger partial charge on any atom is -0.386 e. The molecule has 1 aliphatic heterocycles. The molecule has 3 N–H and O–H groups in total. The fourth-order valence-corrected chi connectivity index (χ4v) is 4.74. The van der Waals surface area contributed by atoms with Crippen molar-refractivity contribution in [1.82, 2.24) is 15.5 Å². The van der Waals surface area contributed by atoms with Crippen LogP contribution in [0.15, 0.2) is 17.1 Å². The Labute approximate surface area is 153 Å². The zero-order valence-corrected chi connectivity index (χ0v) is 15.7. The van der Waals surface area contributed by atoms with Gasteiger partial charge < -0.3 is 15.7 Å². The Morgan fingerprint density at radius 1 is 1.42 bits per heavy atom. The van der Waals surface area contributed by atoms with Gasteiger partial charge in [-0.1, -0.05) is 24.4 Å². The van der Waals surface area contributed by atoms with E-state index in [0.717, 1.165) is 29.8 Å². The summed E-state index contributed by atoms with van der Waals surface area (Å²) in [5, 5.41) is 16.9. The van der Waals surface area contributed by atoms with Crippen molar-refractivity contribution in [2.45, 2.75) is 50.3 Å².